The number of nitrogens with zero attached hydrogens (tertiary/aromatic N) is 2. The fourth-order valence-electron chi connectivity index (χ4n) is 2.83. The van der Waals surface area contributed by atoms with Crippen molar-refractivity contribution < 1.29 is 0 Å². The summed E-state index contributed by atoms with van der Waals surface area (Å²) in [7, 11) is 2.79. The highest BCUT2D eigenvalue weighted by molar-refractivity contribution is 7.13. The molecule has 0 aromatic heterocycles. The van der Waals surface area contributed by atoms with Crippen molar-refractivity contribution in [2.24, 2.45) is 5.92 Å². The fraction of sp³-hybridized carbons (Fsp3) is 0.467. The highest BCUT2D eigenvalue weighted by Gasteiger charge is 2.28. The van der Waals surface area contributed by atoms with Crippen LogP contribution in [0.25, 0.3) is 0 Å². The van der Waals surface area contributed by atoms with Crippen LogP contribution in [0.3, 0.4) is 0 Å². The normalized spacial score (nSPS) is 22.6. The molecule has 96 valence electrons. The lowest BCUT2D eigenvalue weighted by Crippen LogP contribution is -2.42. The summed E-state index contributed by atoms with van der Waals surface area (Å²) in [5.41, 5.74) is 3.12. The smallest absolute Gasteiger partial charge is 0.0237 e. The Labute approximate surface area is 112 Å². The molecule has 0 saturated carbocycles. The molecule has 2 aliphatic rings. The summed E-state index contributed by atoms with van der Waals surface area (Å²) < 4.78 is 2.32. The maximum absolute atomic E-state index is 2.79. The van der Waals surface area contributed by atoms with E-state index in [1.807, 2.05) is 0 Å². The van der Waals surface area contributed by atoms with E-state index < -0.39 is 0 Å². The van der Waals surface area contributed by atoms with Crippen molar-refractivity contribution in [3.05, 3.63) is 47.5 Å². The van der Waals surface area contributed by atoms with Crippen molar-refractivity contribution in [1.29, 1.82) is 0 Å². The van der Waals surface area contributed by atoms with E-state index in [2.05, 4.69) is 55.4 Å². The second-order valence-corrected chi connectivity index (χ2v) is 6.13. The zero-order valence-electron chi connectivity index (χ0n) is 10.8. The van der Waals surface area contributed by atoms with Gasteiger partial charge in [0.1, 0.15) is 0 Å². The fourth-order valence-corrected chi connectivity index (χ4v) is 3.34. The van der Waals surface area contributed by atoms with Gasteiger partial charge in [0.2, 0.25) is 0 Å². The van der Waals surface area contributed by atoms with Gasteiger partial charge in [0.15, 0.2) is 0 Å². The standard InChI is InChI=1S/C15H21N2P/c18-17-11-15(12-17)14-6-8-16(9-7-14)10-13-4-2-1-3-5-13/h1-6,15H,7-12,18H2. The van der Waals surface area contributed by atoms with Crippen LogP contribution in [0.5, 0.6) is 0 Å². The molecule has 0 bridgehead atoms. The molecule has 0 N–H and O–H groups in total. The lowest BCUT2D eigenvalue weighted by Gasteiger charge is -2.40. The van der Waals surface area contributed by atoms with E-state index >= 15 is 0 Å². The summed E-state index contributed by atoms with van der Waals surface area (Å²) in [6.07, 6.45) is 3.73. The molecule has 0 amide bonds. The molecule has 1 fully saturated rings. The molecule has 1 unspecified atom stereocenters. The molecule has 3 rings (SSSR count). The van der Waals surface area contributed by atoms with Crippen molar-refractivity contribution in [1.82, 2.24) is 9.57 Å². The summed E-state index contributed by atoms with van der Waals surface area (Å²) in [6.45, 7) is 5.89. The third-order valence-electron chi connectivity index (χ3n) is 4.01. The van der Waals surface area contributed by atoms with Crippen molar-refractivity contribution >= 4 is 9.39 Å². The molecule has 2 nitrogen and oxygen atoms in total. The topological polar surface area (TPSA) is 6.48 Å². The van der Waals surface area contributed by atoms with Crippen molar-refractivity contribution in [2.75, 3.05) is 26.2 Å². The quantitative estimate of drug-likeness (QED) is 0.609. The first-order valence-corrected chi connectivity index (χ1v) is 7.28. The maximum Gasteiger partial charge on any atom is 0.0237 e. The average molecular weight is 260 g/mol. The van der Waals surface area contributed by atoms with Crippen LogP contribution in [0, 0.1) is 5.92 Å². The second-order valence-electron chi connectivity index (χ2n) is 5.40. The van der Waals surface area contributed by atoms with Crippen molar-refractivity contribution in [2.45, 2.75) is 13.0 Å². The summed E-state index contributed by atoms with van der Waals surface area (Å²) in [5.74, 6) is 0.835. The van der Waals surface area contributed by atoms with E-state index in [0.29, 0.717) is 0 Å². The van der Waals surface area contributed by atoms with Gasteiger partial charge < -0.3 is 0 Å². The molecular weight excluding hydrogens is 239 g/mol. The number of hydrogen-bond acceptors (Lipinski definition) is 2. The average Bonchev–Trinajstić information content (AvgIpc) is 2.38. The molecule has 0 aliphatic carbocycles. The van der Waals surface area contributed by atoms with E-state index in [-0.39, 0.29) is 0 Å². The summed E-state index contributed by atoms with van der Waals surface area (Å²) in [5, 5.41) is 0. The molecule has 1 saturated heterocycles. The summed E-state index contributed by atoms with van der Waals surface area (Å²) in [4.78, 5) is 2.54. The third kappa shape index (κ3) is 2.83. The highest BCUT2D eigenvalue weighted by Crippen LogP contribution is 2.30. The van der Waals surface area contributed by atoms with E-state index in [1.165, 1.54) is 31.6 Å². The molecule has 18 heavy (non-hydrogen) atoms. The predicted molar refractivity (Wildman–Crippen MR) is 79.2 cm³/mol. The van der Waals surface area contributed by atoms with Gasteiger partial charge >= 0.3 is 0 Å². The highest BCUT2D eigenvalue weighted by atomic mass is 31.0. The molecule has 1 aromatic carbocycles. The van der Waals surface area contributed by atoms with Gasteiger partial charge in [-0.3, -0.25) is 9.57 Å². The lowest BCUT2D eigenvalue weighted by atomic mass is 9.89. The Hall–Kier alpha value is -0.690. The van der Waals surface area contributed by atoms with Gasteiger partial charge in [0, 0.05) is 38.6 Å². The monoisotopic (exact) mass is 260 g/mol. The van der Waals surface area contributed by atoms with Gasteiger partial charge in [-0.15, -0.1) is 0 Å². The summed E-state index contributed by atoms with van der Waals surface area (Å²) >= 11 is 0. The Bertz CT molecular complexity index is 423. The molecule has 3 heteroatoms. The molecule has 2 aliphatic heterocycles. The van der Waals surface area contributed by atoms with Crippen LogP contribution in [0.2, 0.25) is 0 Å². The second kappa shape index (κ2) is 5.52. The number of benzene rings is 1. The first-order valence-electron chi connectivity index (χ1n) is 6.76. The van der Waals surface area contributed by atoms with Gasteiger partial charge in [-0.25, -0.2) is 0 Å². The van der Waals surface area contributed by atoms with Gasteiger partial charge in [0.05, 0.1) is 0 Å². The van der Waals surface area contributed by atoms with Crippen LogP contribution in [-0.2, 0) is 6.54 Å². The Balaban J connectivity index is 1.53. The van der Waals surface area contributed by atoms with E-state index in [0.717, 1.165) is 19.0 Å². The van der Waals surface area contributed by atoms with E-state index in [4.69, 9.17) is 0 Å². The molecule has 0 spiro atoms. The Morgan fingerprint density at radius 2 is 1.94 bits per heavy atom. The molecular formula is C15H21N2P. The van der Waals surface area contributed by atoms with Crippen LogP contribution >= 0.6 is 9.39 Å². The Kier molecular flexibility index (Phi) is 3.79. The zero-order chi connectivity index (χ0) is 12.4. The molecule has 1 atom stereocenters. The third-order valence-corrected chi connectivity index (χ3v) is 4.43. The van der Waals surface area contributed by atoms with Crippen LogP contribution in [0.4, 0.5) is 0 Å². The number of hydrogen-bond donors (Lipinski definition) is 0. The van der Waals surface area contributed by atoms with Gasteiger partial charge in [0.25, 0.3) is 0 Å². The van der Waals surface area contributed by atoms with Gasteiger partial charge in [-0.1, -0.05) is 51.4 Å². The number of rotatable bonds is 3. The van der Waals surface area contributed by atoms with Gasteiger partial charge in [-0.2, -0.15) is 0 Å². The SMILES string of the molecule is PN1CC(C2=CCN(Cc3ccccc3)CC2)C1. The largest absolute Gasteiger partial charge is 0.295 e. The van der Waals surface area contributed by atoms with Crippen LogP contribution in [0.15, 0.2) is 42.0 Å². The molecule has 2 heterocycles. The molecule has 1 aromatic rings. The Morgan fingerprint density at radius 1 is 1.17 bits per heavy atom. The van der Waals surface area contributed by atoms with E-state index in [9.17, 15) is 0 Å². The van der Waals surface area contributed by atoms with Crippen molar-refractivity contribution in [3.63, 3.8) is 0 Å². The van der Waals surface area contributed by atoms with Crippen LogP contribution in [-0.4, -0.2) is 35.7 Å². The predicted octanol–water partition coefficient (Wildman–Crippen LogP) is 2.54. The minimum absolute atomic E-state index is 0.835. The van der Waals surface area contributed by atoms with Gasteiger partial charge in [-0.05, 0) is 12.0 Å². The maximum atomic E-state index is 2.79. The lowest BCUT2D eigenvalue weighted by molar-refractivity contribution is 0.224. The van der Waals surface area contributed by atoms with Crippen LogP contribution in [0.1, 0.15) is 12.0 Å². The first-order chi connectivity index (χ1) is 8.81. The Morgan fingerprint density at radius 3 is 2.56 bits per heavy atom. The van der Waals surface area contributed by atoms with Crippen LogP contribution < -0.4 is 0 Å². The first kappa shape index (κ1) is 12.3. The molecule has 0 radical (unpaired) electrons. The minimum Gasteiger partial charge on any atom is -0.295 e. The zero-order valence-corrected chi connectivity index (χ0v) is 11.9. The minimum atomic E-state index is 0.835. The van der Waals surface area contributed by atoms with Crippen molar-refractivity contribution in [3.8, 4) is 0 Å². The van der Waals surface area contributed by atoms with E-state index in [1.54, 1.807) is 5.57 Å². The summed E-state index contributed by atoms with van der Waals surface area (Å²) in [6, 6.07) is 10.8.